The molecule has 0 bridgehead atoms. The van der Waals surface area contributed by atoms with Crippen LogP contribution >= 0.6 is 11.3 Å². The SMILES string of the molecule is COc1nc(C(C)C)ccc1-c1cnc2sc(N3CCC(O)(CNC(=O)OC(C)(C)C)CC3)nn12. The summed E-state index contributed by atoms with van der Waals surface area (Å²) in [6.45, 7) is 11.0. The van der Waals surface area contributed by atoms with Crippen LogP contribution in [0.1, 0.15) is 59.1 Å². The molecule has 3 aromatic rings. The summed E-state index contributed by atoms with van der Waals surface area (Å²) in [5, 5.41) is 19.3. The summed E-state index contributed by atoms with van der Waals surface area (Å²) < 4.78 is 12.7. The fraction of sp³-hybridized carbons (Fsp3) is 0.583. The number of anilines is 1. The zero-order chi connectivity index (χ0) is 25.4. The summed E-state index contributed by atoms with van der Waals surface area (Å²) in [6.07, 6.45) is 2.28. The van der Waals surface area contributed by atoms with E-state index in [1.807, 2.05) is 37.4 Å². The van der Waals surface area contributed by atoms with E-state index in [1.54, 1.807) is 13.3 Å². The van der Waals surface area contributed by atoms with Gasteiger partial charge in [-0.25, -0.2) is 19.3 Å². The second-order valence-corrected chi connectivity index (χ2v) is 11.2. The third kappa shape index (κ3) is 5.67. The average Bonchev–Trinajstić information content (AvgIpc) is 3.38. The van der Waals surface area contributed by atoms with Crippen molar-refractivity contribution in [2.75, 3.05) is 31.6 Å². The summed E-state index contributed by atoms with van der Waals surface area (Å²) in [4.78, 5) is 24.1. The highest BCUT2D eigenvalue weighted by atomic mass is 32.1. The summed E-state index contributed by atoms with van der Waals surface area (Å²) in [5.41, 5.74) is 1.06. The van der Waals surface area contributed by atoms with Crippen LogP contribution in [0.25, 0.3) is 16.2 Å². The maximum atomic E-state index is 12.0. The number of aromatic nitrogens is 4. The highest BCUT2D eigenvalue weighted by Gasteiger charge is 2.34. The molecule has 1 saturated heterocycles. The van der Waals surface area contributed by atoms with E-state index < -0.39 is 17.3 Å². The highest BCUT2D eigenvalue weighted by molar-refractivity contribution is 7.20. The van der Waals surface area contributed by atoms with Crippen molar-refractivity contribution in [3.63, 3.8) is 0 Å². The Labute approximate surface area is 209 Å². The fourth-order valence-electron chi connectivity index (χ4n) is 3.96. The lowest BCUT2D eigenvalue weighted by Gasteiger charge is -2.38. The first-order valence-corrected chi connectivity index (χ1v) is 12.6. The Balaban J connectivity index is 1.45. The van der Waals surface area contributed by atoms with E-state index in [1.165, 1.54) is 11.3 Å². The maximum Gasteiger partial charge on any atom is 0.407 e. The molecule has 1 aliphatic rings. The van der Waals surface area contributed by atoms with Crippen molar-refractivity contribution >= 4 is 27.5 Å². The van der Waals surface area contributed by atoms with Gasteiger partial charge in [0.1, 0.15) is 5.60 Å². The first kappa shape index (κ1) is 25.2. The number of methoxy groups -OCH3 is 1. The van der Waals surface area contributed by atoms with Crippen molar-refractivity contribution in [3.05, 3.63) is 24.0 Å². The van der Waals surface area contributed by atoms with Crippen LogP contribution in [0, 0.1) is 0 Å². The van der Waals surface area contributed by atoms with Gasteiger partial charge in [-0.1, -0.05) is 25.2 Å². The standard InChI is InChI=1S/C24H34N6O4S/c1-15(2)17-8-7-16(19(27-17)33-6)18-13-25-20-30(18)28-21(35-20)29-11-9-24(32,10-12-29)14-26-22(31)34-23(3,4)5/h7-8,13,15,32H,9-12,14H2,1-6H3,(H,26,31). The molecule has 0 saturated carbocycles. The number of fused-ring (bicyclic) bond motifs is 1. The largest absolute Gasteiger partial charge is 0.480 e. The monoisotopic (exact) mass is 502 g/mol. The van der Waals surface area contributed by atoms with Crippen LogP contribution in [0.2, 0.25) is 0 Å². The van der Waals surface area contributed by atoms with Gasteiger partial charge < -0.3 is 24.8 Å². The fourth-order valence-corrected chi connectivity index (χ4v) is 4.89. The first-order chi connectivity index (χ1) is 16.5. The van der Waals surface area contributed by atoms with E-state index >= 15 is 0 Å². The topological polar surface area (TPSA) is 114 Å². The van der Waals surface area contributed by atoms with Gasteiger partial charge in [0.05, 0.1) is 30.2 Å². The molecule has 3 aromatic heterocycles. The van der Waals surface area contributed by atoms with E-state index in [2.05, 4.69) is 34.0 Å². The molecule has 4 heterocycles. The molecule has 0 aromatic carbocycles. The van der Waals surface area contributed by atoms with Gasteiger partial charge in [-0.05, 0) is 51.7 Å². The molecule has 0 spiro atoms. The molecule has 190 valence electrons. The first-order valence-electron chi connectivity index (χ1n) is 11.8. The predicted octanol–water partition coefficient (Wildman–Crippen LogP) is 3.84. The van der Waals surface area contributed by atoms with Crippen molar-refractivity contribution < 1.29 is 19.4 Å². The van der Waals surface area contributed by atoms with E-state index in [-0.39, 0.29) is 6.54 Å². The molecule has 0 atom stereocenters. The minimum Gasteiger partial charge on any atom is -0.480 e. The molecule has 1 aliphatic heterocycles. The summed E-state index contributed by atoms with van der Waals surface area (Å²) in [7, 11) is 1.62. The van der Waals surface area contributed by atoms with Crippen molar-refractivity contribution in [3.8, 4) is 17.1 Å². The number of rotatable bonds is 6. The summed E-state index contributed by atoms with van der Waals surface area (Å²) >= 11 is 1.50. The Bertz CT molecular complexity index is 1190. The van der Waals surface area contributed by atoms with Gasteiger partial charge in [0.15, 0.2) is 0 Å². The smallest absolute Gasteiger partial charge is 0.407 e. The molecule has 1 amide bonds. The van der Waals surface area contributed by atoms with Gasteiger partial charge >= 0.3 is 6.09 Å². The van der Waals surface area contributed by atoms with Crippen molar-refractivity contribution in [2.45, 2.75) is 64.6 Å². The Hall–Kier alpha value is -2.92. The Morgan fingerprint density at radius 3 is 2.63 bits per heavy atom. The lowest BCUT2D eigenvalue weighted by molar-refractivity contribution is 0.00798. The molecule has 1 fully saturated rings. The molecule has 0 radical (unpaired) electrons. The molecule has 4 rings (SSSR count). The normalized spacial score (nSPS) is 16.1. The number of hydrogen-bond donors (Lipinski definition) is 2. The Morgan fingerprint density at radius 2 is 2.00 bits per heavy atom. The number of piperidine rings is 1. The molecular formula is C24H34N6O4S. The summed E-state index contributed by atoms with van der Waals surface area (Å²) in [5.74, 6) is 0.847. The number of imidazole rings is 1. The van der Waals surface area contributed by atoms with E-state index in [0.717, 1.165) is 27.0 Å². The Morgan fingerprint density at radius 1 is 1.29 bits per heavy atom. The number of pyridine rings is 1. The van der Waals surface area contributed by atoms with Crippen LogP contribution in [0.15, 0.2) is 18.3 Å². The zero-order valence-corrected chi connectivity index (χ0v) is 22.0. The van der Waals surface area contributed by atoms with Gasteiger partial charge in [0.25, 0.3) is 0 Å². The summed E-state index contributed by atoms with van der Waals surface area (Å²) in [6, 6.07) is 4.01. The lowest BCUT2D eigenvalue weighted by atomic mass is 9.91. The number of ether oxygens (including phenoxy) is 2. The van der Waals surface area contributed by atoms with E-state index in [4.69, 9.17) is 14.6 Å². The number of nitrogens with zero attached hydrogens (tertiary/aromatic N) is 5. The third-order valence-corrected chi connectivity index (χ3v) is 6.93. The van der Waals surface area contributed by atoms with E-state index in [9.17, 15) is 9.90 Å². The van der Waals surface area contributed by atoms with Gasteiger partial charge in [0, 0.05) is 25.3 Å². The van der Waals surface area contributed by atoms with Crippen LogP contribution < -0.4 is 15.0 Å². The second-order valence-electron chi connectivity index (χ2n) is 10.2. The van der Waals surface area contributed by atoms with E-state index in [0.29, 0.717) is 37.7 Å². The molecule has 0 aliphatic carbocycles. The maximum absolute atomic E-state index is 12.0. The lowest BCUT2D eigenvalue weighted by Crippen LogP contribution is -2.51. The second kappa shape index (κ2) is 9.62. The van der Waals surface area contributed by atoms with Crippen LogP contribution in [-0.2, 0) is 4.74 Å². The van der Waals surface area contributed by atoms with Crippen LogP contribution in [0.4, 0.5) is 9.93 Å². The number of hydrogen-bond acceptors (Lipinski definition) is 9. The number of nitrogens with one attached hydrogen (secondary N) is 1. The minimum absolute atomic E-state index is 0.153. The van der Waals surface area contributed by atoms with Gasteiger partial charge in [-0.2, -0.15) is 0 Å². The third-order valence-electron chi connectivity index (χ3n) is 5.94. The van der Waals surface area contributed by atoms with Crippen molar-refractivity contribution in [1.82, 2.24) is 24.9 Å². The molecule has 10 nitrogen and oxygen atoms in total. The van der Waals surface area contributed by atoms with Crippen molar-refractivity contribution in [2.24, 2.45) is 0 Å². The minimum atomic E-state index is -0.979. The highest BCUT2D eigenvalue weighted by Crippen LogP contribution is 2.34. The van der Waals surface area contributed by atoms with Crippen LogP contribution in [0.5, 0.6) is 5.88 Å². The van der Waals surface area contributed by atoms with Gasteiger partial charge in [-0.3, -0.25) is 0 Å². The molecule has 35 heavy (non-hydrogen) atoms. The molecular weight excluding hydrogens is 468 g/mol. The number of alkyl carbamates (subject to hydrolysis) is 1. The van der Waals surface area contributed by atoms with Gasteiger partial charge in [-0.15, -0.1) is 5.10 Å². The zero-order valence-electron chi connectivity index (χ0n) is 21.2. The number of carbonyl (C=O) groups excluding carboxylic acids is 1. The quantitative estimate of drug-likeness (QED) is 0.523. The number of aliphatic hydroxyl groups is 1. The van der Waals surface area contributed by atoms with Crippen LogP contribution in [0.3, 0.4) is 0 Å². The predicted molar refractivity (Wildman–Crippen MR) is 135 cm³/mol. The number of amides is 1. The molecule has 11 heteroatoms. The van der Waals surface area contributed by atoms with Gasteiger partial charge in [0.2, 0.25) is 16.0 Å². The Kier molecular flexibility index (Phi) is 6.92. The molecule has 0 unspecified atom stereocenters. The van der Waals surface area contributed by atoms with Crippen LogP contribution in [-0.4, -0.2) is 68.7 Å². The van der Waals surface area contributed by atoms with Crippen molar-refractivity contribution in [1.29, 1.82) is 0 Å². The number of carbonyl (C=O) groups is 1. The average molecular weight is 503 g/mol. The molecule has 2 N–H and O–H groups in total.